The lowest BCUT2D eigenvalue weighted by atomic mass is 10.0. The second kappa shape index (κ2) is 8.42. The highest BCUT2D eigenvalue weighted by atomic mass is 19.1. The van der Waals surface area contributed by atoms with E-state index >= 15 is 0 Å². The summed E-state index contributed by atoms with van der Waals surface area (Å²) in [6, 6.07) is 12.2. The van der Waals surface area contributed by atoms with Crippen molar-refractivity contribution >= 4 is 11.8 Å². The van der Waals surface area contributed by atoms with Crippen molar-refractivity contribution in [3.8, 4) is 5.75 Å². The Morgan fingerprint density at radius 1 is 1.21 bits per heavy atom. The van der Waals surface area contributed by atoms with Gasteiger partial charge in [0.1, 0.15) is 11.6 Å². The Labute approximate surface area is 164 Å². The average Bonchev–Trinajstić information content (AvgIpc) is 2.83. The van der Waals surface area contributed by atoms with Crippen LogP contribution in [-0.4, -0.2) is 45.9 Å². The first kappa shape index (κ1) is 19.9. The van der Waals surface area contributed by atoms with E-state index in [1.165, 1.54) is 24.3 Å². The number of benzene rings is 2. The van der Waals surface area contributed by atoms with Crippen LogP contribution in [0.1, 0.15) is 36.2 Å². The van der Waals surface area contributed by atoms with Crippen LogP contribution in [0.15, 0.2) is 48.5 Å². The number of hydrogen-bond acceptors (Lipinski definition) is 3. The van der Waals surface area contributed by atoms with Gasteiger partial charge in [-0.15, -0.1) is 0 Å². The standard InChI is InChI=1S/C22H25FN2O3/c1-15(2)20-14-24(22(28)17-4-3-5-19(26)12-17)11-10-21(27)25(20)13-16-6-8-18(23)9-7-16/h3-9,12,15,20,26H,10-11,13-14H2,1-2H3. The minimum atomic E-state index is -0.311. The summed E-state index contributed by atoms with van der Waals surface area (Å²) in [5.74, 6) is -0.349. The van der Waals surface area contributed by atoms with Crippen LogP contribution >= 0.6 is 0 Å². The number of phenols is 1. The molecule has 1 atom stereocenters. The summed E-state index contributed by atoms with van der Waals surface area (Å²) in [5.41, 5.74) is 1.26. The summed E-state index contributed by atoms with van der Waals surface area (Å²) < 4.78 is 13.2. The van der Waals surface area contributed by atoms with E-state index in [9.17, 15) is 19.1 Å². The molecule has 148 valence electrons. The molecule has 1 aliphatic rings. The third kappa shape index (κ3) is 4.50. The summed E-state index contributed by atoms with van der Waals surface area (Å²) in [5, 5.41) is 9.66. The molecule has 0 aromatic heterocycles. The summed E-state index contributed by atoms with van der Waals surface area (Å²) >= 11 is 0. The number of rotatable bonds is 4. The smallest absolute Gasteiger partial charge is 0.254 e. The zero-order valence-corrected chi connectivity index (χ0v) is 16.1. The Hall–Kier alpha value is -2.89. The Kier molecular flexibility index (Phi) is 5.97. The average molecular weight is 384 g/mol. The van der Waals surface area contributed by atoms with Gasteiger partial charge in [-0.1, -0.05) is 32.0 Å². The molecule has 3 rings (SSSR count). The minimum absolute atomic E-state index is 0.0192. The summed E-state index contributed by atoms with van der Waals surface area (Å²) in [6.45, 7) is 5.18. The van der Waals surface area contributed by atoms with Crippen molar-refractivity contribution in [3.05, 3.63) is 65.5 Å². The van der Waals surface area contributed by atoms with E-state index in [0.717, 1.165) is 5.56 Å². The number of phenolic OH excluding ortho intramolecular Hbond substituents is 1. The van der Waals surface area contributed by atoms with Crippen molar-refractivity contribution in [2.24, 2.45) is 5.92 Å². The van der Waals surface area contributed by atoms with Crippen LogP contribution in [0.25, 0.3) is 0 Å². The molecule has 1 heterocycles. The van der Waals surface area contributed by atoms with Crippen molar-refractivity contribution in [1.29, 1.82) is 0 Å². The van der Waals surface area contributed by atoms with Crippen LogP contribution in [-0.2, 0) is 11.3 Å². The molecule has 28 heavy (non-hydrogen) atoms. The molecule has 0 aliphatic carbocycles. The largest absolute Gasteiger partial charge is 0.508 e. The van der Waals surface area contributed by atoms with E-state index in [4.69, 9.17) is 0 Å². The van der Waals surface area contributed by atoms with Crippen molar-refractivity contribution in [1.82, 2.24) is 9.80 Å². The third-order valence-corrected chi connectivity index (χ3v) is 5.14. The molecule has 2 amide bonds. The van der Waals surface area contributed by atoms with Crippen LogP contribution in [0.3, 0.4) is 0 Å². The number of amides is 2. The molecule has 5 nitrogen and oxygen atoms in total. The molecule has 1 unspecified atom stereocenters. The predicted octanol–water partition coefficient (Wildman–Crippen LogP) is 3.43. The molecule has 0 spiro atoms. The fourth-order valence-electron chi connectivity index (χ4n) is 3.54. The van der Waals surface area contributed by atoms with Gasteiger partial charge in [0.2, 0.25) is 5.91 Å². The highest BCUT2D eigenvalue weighted by Gasteiger charge is 2.33. The Balaban J connectivity index is 1.83. The van der Waals surface area contributed by atoms with E-state index in [1.807, 2.05) is 13.8 Å². The van der Waals surface area contributed by atoms with Gasteiger partial charge in [-0.2, -0.15) is 0 Å². The maximum absolute atomic E-state index is 13.2. The van der Waals surface area contributed by atoms with Gasteiger partial charge in [0.05, 0.1) is 6.04 Å². The summed E-state index contributed by atoms with van der Waals surface area (Å²) in [6.07, 6.45) is 0.231. The van der Waals surface area contributed by atoms with E-state index in [1.54, 1.807) is 34.1 Å². The maximum Gasteiger partial charge on any atom is 0.254 e. The molecule has 6 heteroatoms. The number of hydrogen-bond donors (Lipinski definition) is 1. The van der Waals surface area contributed by atoms with Gasteiger partial charge < -0.3 is 14.9 Å². The van der Waals surface area contributed by atoms with Gasteiger partial charge in [-0.05, 0) is 41.8 Å². The predicted molar refractivity (Wildman–Crippen MR) is 104 cm³/mol. The quantitative estimate of drug-likeness (QED) is 0.879. The molecular formula is C22H25FN2O3. The molecule has 1 N–H and O–H groups in total. The summed E-state index contributed by atoms with van der Waals surface area (Å²) in [4.78, 5) is 29.2. The highest BCUT2D eigenvalue weighted by Crippen LogP contribution is 2.23. The van der Waals surface area contributed by atoms with E-state index < -0.39 is 0 Å². The molecule has 2 aromatic carbocycles. The lowest BCUT2D eigenvalue weighted by Gasteiger charge is -2.34. The van der Waals surface area contributed by atoms with Crippen LogP contribution in [0, 0.1) is 11.7 Å². The van der Waals surface area contributed by atoms with E-state index in [-0.39, 0.29) is 41.8 Å². The first-order valence-corrected chi connectivity index (χ1v) is 9.47. The Bertz CT molecular complexity index is 851. The first-order valence-electron chi connectivity index (χ1n) is 9.47. The zero-order valence-electron chi connectivity index (χ0n) is 16.1. The van der Waals surface area contributed by atoms with E-state index in [2.05, 4.69) is 0 Å². The minimum Gasteiger partial charge on any atom is -0.508 e. The van der Waals surface area contributed by atoms with Gasteiger partial charge >= 0.3 is 0 Å². The van der Waals surface area contributed by atoms with Gasteiger partial charge in [-0.25, -0.2) is 4.39 Å². The molecular weight excluding hydrogens is 359 g/mol. The molecule has 0 bridgehead atoms. The van der Waals surface area contributed by atoms with Crippen LogP contribution in [0.2, 0.25) is 0 Å². The Morgan fingerprint density at radius 2 is 1.93 bits per heavy atom. The monoisotopic (exact) mass is 384 g/mol. The van der Waals surface area contributed by atoms with Crippen molar-refractivity contribution in [2.45, 2.75) is 32.9 Å². The number of nitrogens with zero attached hydrogens (tertiary/aromatic N) is 2. The molecule has 1 fully saturated rings. The zero-order chi connectivity index (χ0) is 20.3. The van der Waals surface area contributed by atoms with Crippen LogP contribution in [0.4, 0.5) is 4.39 Å². The van der Waals surface area contributed by atoms with Crippen LogP contribution in [0.5, 0.6) is 5.75 Å². The van der Waals surface area contributed by atoms with Gasteiger partial charge in [-0.3, -0.25) is 9.59 Å². The second-order valence-corrected chi connectivity index (χ2v) is 7.51. The normalized spacial score (nSPS) is 17.7. The highest BCUT2D eigenvalue weighted by molar-refractivity contribution is 5.95. The fourth-order valence-corrected chi connectivity index (χ4v) is 3.54. The van der Waals surface area contributed by atoms with Crippen molar-refractivity contribution in [2.75, 3.05) is 13.1 Å². The molecule has 0 radical (unpaired) electrons. The third-order valence-electron chi connectivity index (χ3n) is 5.14. The molecule has 0 saturated carbocycles. The SMILES string of the molecule is CC(C)C1CN(C(=O)c2cccc(O)c2)CCC(=O)N1Cc1ccc(F)cc1. The second-order valence-electron chi connectivity index (χ2n) is 7.51. The van der Waals surface area contributed by atoms with E-state index in [0.29, 0.717) is 25.2 Å². The van der Waals surface area contributed by atoms with Crippen LogP contribution < -0.4 is 0 Å². The maximum atomic E-state index is 13.2. The van der Waals surface area contributed by atoms with Crippen molar-refractivity contribution < 1.29 is 19.1 Å². The lowest BCUT2D eigenvalue weighted by Crippen LogP contribution is -2.47. The number of carbonyl (C=O) groups excluding carboxylic acids is 2. The van der Waals surface area contributed by atoms with Gasteiger partial charge in [0, 0.05) is 31.6 Å². The lowest BCUT2D eigenvalue weighted by molar-refractivity contribution is -0.134. The van der Waals surface area contributed by atoms with Gasteiger partial charge in [0.25, 0.3) is 5.91 Å². The topological polar surface area (TPSA) is 60.9 Å². The molecule has 2 aromatic rings. The fraction of sp³-hybridized carbons (Fsp3) is 0.364. The van der Waals surface area contributed by atoms with Gasteiger partial charge in [0.15, 0.2) is 0 Å². The molecule has 1 saturated heterocycles. The number of carbonyl (C=O) groups is 2. The summed E-state index contributed by atoms with van der Waals surface area (Å²) in [7, 11) is 0. The number of aromatic hydroxyl groups is 1. The first-order chi connectivity index (χ1) is 13.3. The Morgan fingerprint density at radius 3 is 2.57 bits per heavy atom. The van der Waals surface area contributed by atoms with Crippen molar-refractivity contribution in [3.63, 3.8) is 0 Å². The number of halogens is 1. The molecule has 1 aliphatic heterocycles.